The monoisotopic (exact) mass is 456 g/mol. The number of benzene rings is 2. The molecule has 7 heteroatoms. The van der Waals surface area contributed by atoms with Gasteiger partial charge < -0.3 is 0 Å². The Hall–Kier alpha value is -2.28. The van der Waals surface area contributed by atoms with Crippen molar-refractivity contribution < 1.29 is 13.2 Å². The van der Waals surface area contributed by atoms with E-state index in [9.17, 15) is 13.2 Å². The highest BCUT2D eigenvalue weighted by Crippen LogP contribution is 2.23. The van der Waals surface area contributed by atoms with Gasteiger partial charge >= 0.3 is 0 Å². The van der Waals surface area contributed by atoms with E-state index in [1.807, 2.05) is 25.1 Å². The van der Waals surface area contributed by atoms with Crippen molar-refractivity contribution in [2.24, 2.45) is 0 Å². The first-order chi connectivity index (χ1) is 14.8. The average molecular weight is 457 g/mol. The Kier molecular flexibility index (Phi) is 6.42. The molecule has 4 rings (SSSR count). The number of nitrogens with zero attached hydrogens (tertiary/aromatic N) is 2. The Labute approximate surface area is 188 Å². The molecule has 5 nitrogen and oxygen atoms in total. The third-order valence-electron chi connectivity index (χ3n) is 5.78. The van der Waals surface area contributed by atoms with Gasteiger partial charge in [-0.1, -0.05) is 30.2 Å². The van der Waals surface area contributed by atoms with Gasteiger partial charge in [0.2, 0.25) is 10.0 Å². The number of piperidine rings is 1. The topological polar surface area (TPSA) is 67.3 Å². The van der Waals surface area contributed by atoms with E-state index in [1.54, 1.807) is 34.6 Å². The number of sulfonamides is 1. The lowest BCUT2D eigenvalue weighted by Crippen LogP contribution is -2.35. The smallest absolute Gasteiger partial charge is 0.243 e. The van der Waals surface area contributed by atoms with Gasteiger partial charge in [0, 0.05) is 41.2 Å². The number of carbonyl (C=O) groups excluding carboxylic acids is 1. The zero-order chi connectivity index (χ0) is 22.0. The molecule has 0 saturated carbocycles. The average Bonchev–Trinajstić information content (AvgIpc) is 2.78. The molecule has 162 valence electrons. The molecule has 0 unspecified atom stereocenters. The van der Waals surface area contributed by atoms with Crippen LogP contribution in [0.2, 0.25) is 5.02 Å². The third kappa shape index (κ3) is 4.81. The lowest BCUT2D eigenvalue weighted by Gasteiger charge is -2.25. The predicted molar refractivity (Wildman–Crippen MR) is 123 cm³/mol. The maximum atomic E-state index is 12.8. The summed E-state index contributed by atoms with van der Waals surface area (Å²) in [6.45, 7) is 3.01. The third-order valence-corrected chi connectivity index (χ3v) is 7.93. The highest BCUT2D eigenvalue weighted by Gasteiger charge is 2.25. The molecule has 0 aliphatic carbocycles. The lowest BCUT2D eigenvalue weighted by atomic mass is 10.0. The van der Waals surface area contributed by atoms with Crippen LogP contribution in [0.5, 0.6) is 0 Å². The van der Waals surface area contributed by atoms with Gasteiger partial charge in [-0.15, -0.1) is 0 Å². The molecular formula is C24H25ClN2O3S. The molecule has 1 saturated heterocycles. The van der Waals surface area contributed by atoms with Crippen LogP contribution in [0.3, 0.4) is 0 Å². The van der Waals surface area contributed by atoms with Gasteiger partial charge in [-0.05, 0) is 68.1 Å². The van der Waals surface area contributed by atoms with E-state index in [4.69, 9.17) is 11.6 Å². The van der Waals surface area contributed by atoms with Crippen molar-refractivity contribution >= 4 is 38.3 Å². The SMILES string of the molecule is Cc1nc2ccc(Cl)cc2cc1C(=O)CCc1ccc(S(=O)(=O)N2CCCCC2)cc1. The first-order valence-corrected chi connectivity index (χ1v) is 12.4. The molecular weight excluding hydrogens is 432 g/mol. The van der Waals surface area contributed by atoms with E-state index in [1.165, 1.54) is 0 Å². The number of carbonyl (C=O) groups is 1. The van der Waals surface area contributed by atoms with Crippen molar-refractivity contribution in [2.75, 3.05) is 13.1 Å². The molecule has 31 heavy (non-hydrogen) atoms. The standard InChI is InChI=1S/C24H25ClN2O3S/c1-17-22(16-19-15-20(25)8-11-23(19)26-17)24(28)12-7-18-5-9-21(10-6-18)31(29,30)27-13-3-2-4-14-27/h5-6,8-11,15-16H,2-4,7,12-14H2,1H3. The number of Topliss-reactive ketones (excluding diaryl/α,β-unsaturated/α-hetero) is 1. The number of aryl methyl sites for hydroxylation is 2. The summed E-state index contributed by atoms with van der Waals surface area (Å²) in [7, 11) is -3.44. The van der Waals surface area contributed by atoms with Gasteiger partial charge in [-0.3, -0.25) is 9.78 Å². The molecule has 0 N–H and O–H groups in total. The summed E-state index contributed by atoms with van der Waals surface area (Å²) in [4.78, 5) is 17.7. The zero-order valence-corrected chi connectivity index (χ0v) is 19.0. The molecule has 1 aliphatic rings. The number of halogens is 1. The molecule has 1 aromatic heterocycles. The zero-order valence-electron chi connectivity index (χ0n) is 17.5. The minimum atomic E-state index is -3.44. The quantitative estimate of drug-likeness (QED) is 0.479. The van der Waals surface area contributed by atoms with Crippen LogP contribution in [0.1, 0.15) is 47.3 Å². The first kappa shape index (κ1) is 21.9. The van der Waals surface area contributed by atoms with Gasteiger partial charge in [-0.25, -0.2) is 8.42 Å². The molecule has 2 heterocycles. The van der Waals surface area contributed by atoms with Crippen molar-refractivity contribution in [3.05, 3.63) is 70.4 Å². The molecule has 0 amide bonds. The number of pyridine rings is 1. The Morgan fingerprint density at radius 2 is 1.74 bits per heavy atom. The maximum Gasteiger partial charge on any atom is 0.243 e. The van der Waals surface area contributed by atoms with Crippen LogP contribution in [-0.4, -0.2) is 36.6 Å². The second-order valence-electron chi connectivity index (χ2n) is 7.99. The van der Waals surface area contributed by atoms with Crippen molar-refractivity contribution in [1.29, 1.82) is 0 Å². The molecule has 1 aliphatic heterocycles. The minimum Gasteiger partial charge on any atom is -0.294 e. The van der Waals surface area contributed by atoms with Gasteiger partial charge in [0.1, 0.15) is 0 Å². The van der Waals surface area contributed by atoms with Crippen LogP contribution in [0.25, 0.3) is 10.9 Å². The number of fused-ring (bicyclic) bond motifs is 1. The largest absolute Gasteiger partial charge is 0.294 e. The second-order valence-corrected chi connectivity index (χ2v) is 10.4. The van der Waals surface area contributed by atoms with E-state index < -0.39 is 10.0 Å². The summed E-state index contributed by atoms with van der Waals surface area (Å²) >= 11 is 6.07. The van der Waals surface area contributed by atoms with E-state index in [0.717, 1.165) is 35.7 Å². The van der Waals surface area contributed by atoms with Gasteiger partial charge in [-0.2, -0.15) is 4.31 Å². The van der Waals surface area contributed by atoms with Crippen LogP contribution in [0, 0.1) is 6.92 Å². The number of aromatic nitrogens is 1. The van der Waals surface area contributed by atoms with E-state index in [0.29, 0.717) is 47.1 Å². The highest BCUT2D eigenvalue weighted by atomic mass is 35.5. The Bertz CT molecular complexity index is 1220. The highest BCUT2D eigenvalue weighted by molar-refractivity contribution is 7.89. The van der Waals surface area contributed by atoms with Crippen molar-refractivity contribution in [3.8, 4) is 0 Å². The Morgan fingerprint density at radius 1 is 1.03 bits per heavy atom. The fourth-order valence-electron chi connectivity index (χ4n) is 4.00. The maximum absolute atomic E-state index is 12.8. The van der Waals surface area contributed by atoms with Crippen molar-refractivity contribution in [1.82, 2.24) is 9.29 Å². The van der Waals surface area contributed by atoms with Crippen LogP contribution in [-0.2, 0) is 16.4 Å². The van der Waals surface area contributed by atoms with E-state index in [2.05, 4.69) is 4.98 Å². The number of hydrogen-bond acceptors (Lipinski definition) is 4. The fraction of sp³-hybridized carbons (Fsp3) is 0.333. The summed E-state index contributed by atoms with van der Waals surface area (Å²) in [5.74, 6) is 0.0110. The first-order valence-electron chi connectivity index (χ1n) is 10.5. The van der Waals surface area contributed by atoms with E-state index in [-0.39, 0.29) is 5.78 Å². The molecule has 0 bridgehead atoms. The summed E-state index contributed by atoms with van der Waals surface area (Å²) in [6.07, 6.45) is 3.77. The van der Waals surface area contributed by atoms with Crippen molar-refractivity contribution in [2.45, 2.75) is 43.9 Å². The van der Waals surface area contributed by atoms with Crippen LogP contribution in [0.4, 0.5) is 0 Å². The Morgan fingerprint density at radius 3 is 2.45 bits per heavy atom. The van der Waals surface area contributed by atoms with Gasteiger partial charge in [0.25, 0.3) is 0 Å². The molecule has 1 fully saturated rings. The summed E-state index contributed by atoms with van der Waals surface area (Å²) in [5.41, 5.74) is 3.03. The number of ketones is 1. The minimum absolute atomic E-state index is 0.0110. The molecule has 3 aromatic rings. The van der Waals surface area contributed by atoms with Crippen LogP contribution in [0.15, 0.2) is 53.4 Å². The number of rotatable bonds is 6. The summed E-state index contributed by atoms with van der Waals surface area (Å²) in [6, 6.07) is 14.2. The number of hydrogen-bond donors (Lipinski definition) is 0. The van der Waals surface area contributed by atoms with Crippen molar-refractivity contribution in [3.63, 3.8) is 0 Å². The van der Waals surface area contributed by atoms with E-state index >= 15 is 0 Å². The Balaban J connectivity index is 1.45. The van der Waals surface area contributed by atoms with Gasteiger partial charge in [0.15, 0.2) is 5.78 Å². The molecule has 2 aromatic carbocycles. The summed E-state index contributed by atoms with van der Waals surface area (Å²) < 4.78 is 27.1. The van der Waals surface area contributed by atoms with Crippen LogP contribution >= 0.6 is 11.6 Å². The predicted octanol–water partition coefficient (Wildman–Crippen LogP) is 5.19. The molecule has 0 radical (unpaired) electrons. The molecule has 0 spiro atoms. The second kappa shape index (κ2) is 9.07. The molecule has 0 atom stereocenters. The lowest BCUT2D eigenvalue weighted by molar-refractivity contribution is 0.0982. The fourth-order valence-corrected chi connectivity index (χ4v) is 5.70. The normalized spacial score (nSPS) is 15.3. The van der Waals surface area contributed by atoms with Crippen LogP contribution < -0.4 is 0 Å². The summed E-state index contributed by atoms with van der Waals surface area (Å²) in [5, 5.41) is 1.45. The van der Waals surface area contributed by atoms with Gasteiger partial charge in [0.05, 0.1) is 10.4 Å².